The Morgan fingerprint density at radius 3 is 2.00 bits per heavy atom. The van der Waals surface area contributed by atoms with Crippen molar-refractivity contribution in [3.8, 4) is 0 Å². The molecule has 0 atom stereocenters. The van der Waals surface area contributed by atoms with Gasteiger partial charge in [0.25, 0.3) is 0 Å². The fourth-order valence-corrected chi connectivity index (χ4v) is 8.62. The molecule has 4 heteroatoms. The lowest BCUT2D eigenvalue weighted by Gasteiger charge is -2.41. The van der Waals surface area contributed by atoms with Crippen LogP contribution in [0.25, 0.3) is 0 Å². The van der Waals surface area contributed by atoms with E-state index < -0.39 is 8.32 Å². The quantitative estimate of drug-likeness (QED) is 0.533. The third kappa shape index (κ3) is 3.36. The fraction of sp³-hybridized carbons (Fsp3) is 0.667. The maximum Gasteiger partial charge on any atom is 0.201 e. The minimum atomic E-state index is -1.86. The molecule has 108 valence electrons. The molecule has 0 aliphatic carbocycles. The summed E-state index contributed by atoms with van der Waals surface area (Å²) >= 11 is 0. The molecule has 0 saturated heterocycles. The highest BCUT2D eigenvalue weighted by molar-refractivity contribution is 6.77. The van der Waals surface area contributed by atoms with Gasteiger partial charge in [0, 0.05) is 0 Å². The summed E-state index contributed by atoms with van der Waals surface area (Å²) in [6, 6.07) is 3.51. The monoisotopic (exact) mass is 282 g/mol. The van der Waals surface area contributed by atoms with Crippen LogP contribution in [0.15, 0.2) is 16.5 Å². The number of hydrogen-bond acceptors (Lipinski definition) is 3. The van der Waals surface area contributed by atoms with Crippen LogP contribution in [-0.2, 0) is 11.0 Å². The molecule has 0 aliphatic rings. The summed E-state index contributed by atoms with van der Waals surface area (Å²) in [7, 11) is -1.86. The molecule has 0 aromatic carbocycles. The standard InChI is InChI=1S/C15H26O3Si/c1-11(2)19(12(3)4,13(5)6)17-10-15-8-7-14(9-16)18-15/h7-9,11-13H,10H2,1-6H3. The molecule has 1 heterocycles. The average Bonchev–Trinajstić information content (AvgIpc) is 2.76. The lowest BCUT2D eigenvalue weighted by Crippen LogP contribution is -2.47. The molecule has 0 bridgehead atoms. The van der Waals surface area contributed by atoms with E-state index in [1.807, 2.05) is 6.07 Å². The Hall–Kier alpha value is -0.873. The van der Waals surface area contributed by atoms with E-state index in [-0.39, 0.29) is 0 Å². The molecule has 0 aliphatic heterocycles. The van der Waals surface area contributed by atoms with Crippen molar-refractivity contribution in [3.05, 3.63) is 23.7 Å². The van der Waals surface area contributed by atoms with E-state index in [1.54, 1.807) is 6.07 Å². The van der Waals surface area contributed by atoms with Gasteiger partial charge in [-0.1, -0.05) is 41.5 Å². The minimum absolute atomic E-state index is 0.365. The van der Waals surface area contributed by atoms with Crippen LogP contribution in [0.1, 0.15) is 57.9 Å². The van der Waals surface area contributed by atoms with Crippen molar-refractivity contribution in [2.24, 2.45) is 0 Å². The first kappa shape index (κ1) is 16.2. The molecule has 0 unspecified atom stereocenters. The topological polar surface area (TPSA) is 39.4 Å². The summed E-state index contributed by atoms with van der Waals surface area (Å²) in [4.78, 5) is 10.6. The smallest absolute Gasteiger partial charge is 0.201 e. The van der Waals surface area contributed by atoms with Crippen LogP contribution in [0, 0.1) is 0 Å². The molecule has 19 heavy (non-hydrogen) atoms. The van der Waals surface area contributed by atoms with Gasteiger partial charge in [-0.2, -0.15) is 0 Å². The van der Waals surface area contributed by atoms with Crippen molar-refractivity contribution in [2.75, 3.05) is 0 Å². The number of carbonyl (C=O) groups is 1. The van der Waals surface area contributed by atoms with Crippen LogP contribution in [0.3, 0.4) is 0 Å². The first-order chi connectivity index (χ1) is 8.84. The predicted molar refractivity (Wildman–Crippen MR) is 79.9 cm³/mol. The van der Waals surface area contributed by atoms with E-state index in [9.17, 15) is 4.79 Å². The van der Waals surface area contributed by atoms with Gasteiger partial charge in [-0.15, -0.1) is 0 Å². The number of rotatable bonds is 7. The summed E-state index contributed by atoms with van der Waals surface area (Å²) in [6.45, 7) is 14.0. The predicted octanol–water partition coefficient (Wildman–Crippen LogP) is 4.78. The van der Waals surface area contributed by atoms with Crippen molar-refractivity contribution in [2.45, 2.75) is 64.8 Å². The largest absolute Gasteiger partial charge is 0.456 e. The first-order valence-corrected chi connectivity index (χ1v) is 9.16. The van der Waals surface area contributed by atoms with Crippen LogP contribution in [-0.4, -0.2) is 14.6 Å². The highest BCUT2D eigenvalue weighted by atomic mass is 28.4. The van der Waals surface area contributed by atoms with E-state index in [0.717, 1.165) is 12.0 Å². The molecular weight excluding hydrogens is 256 g/mol. The molecule has 1 aromatic rings. The summed E-state index contributed by atoms with van der Waals surface area (Å²) < 4.78 is 11.8. The van der Waals surface area contributed by atoms with Gasteiger partial charge in [-0.25, -0.2) is 0 Å². The SMILES string of the molecule is CC(C)[Si](OCc1ccc(C=O)o1)(C(C)C)C(C)C. The highest BCUT2D eigenvalue weighted by Gasteiger charge is 2.45. The van der Waals surface area contributed by atoms with Crippen LogP contribution in [0.4, 0.5) is 0 Å². The van der Waals surface area contributed by atoms with E-state index in [0.29, 0.717) is 29.0 Å². The van der Waals surface area contributed by atoms with Crippen molar-refractivity contribution in [1.82, 2.24) is 0 Å². The maximum atomic E-state index is 10.6. The molecule has 3 nitrogen and oxygen atoms in total. The third-order valence-corrected chi connectivity index (χ3v) is 10.0. The Bertz CT molecular complexity index is 386. The molecule has 1 rings (SSSR count). The highest BCUT2D eigenvalue weighted by Crippen LogP contribution is 2.42. The summed E-state index contributed by atoms with van der Waals surface area (Å²) in [5.41, 5.74) is 1.65. The fourth-order valence-electron chi connectivity index (χ4n) is 3.23. The third-order valence-electron chi connectivity index (χ3n) is 3.97. The molecule has 0 spiro atoms. The zero-order valence-electron chi connectivity index (χ0n) is 12.9. The summed E-state index contributed by atoms with van der Waals surface area (Å²) in [5, 5.41) is 0. The normalized spacial score (nSPS) is 12.7. The molecular formula is C15H26O3Si. The van der Waals surface area contributed by atoms with Crippen molar-refractivity contribution >= 4 is 14.6 Å². The van der Waals surface area contributed by atoms with Gasteiger partial charge >= 0.3 is 0 Å². The van der Waals surface area contributed by atoms with Crippen LogP contribution >= 0.6 is 0 Å². The summed E-state index contributed by atoms with van der Waals surface area (Å²) in [6.07, 6.45) is 0.724. The van der Waals surface area contributed by atoms with Crippen LogP contribution in [0.2, 0.25) is 16.6 Å². The van der Waals surface area contributed by atoms with Crippen LogP contribution < -0.4 is 0 Å². The average molecular weight is 282 g/mol. The van der Waals surface area contributed by atoms with E-state index in [1.165, 1.54) is 0 Å². The zero-order valence-corrected chi connectivity index (χ0v) is 13.9. The number of hydrogen-bond donors (Lipinski definition) is 0. The molecule has 1 aromatic heterocycles. The van der Waals surface area contributed by atoms with E-state index in [2.05, 4.69) is 41.5 Å². The number of furan rings is 1. The van der Waals surface area contributed by atoms with Crippen molar-refractivity contribution in [1.29, 1.82) is 0 Å². The van der Waals surface area contributed by atoms with Gasteiger partial charge in [-0.05, 0) is 28.8 Å². The van der Waals surface area contributed by atoms with E-state index in [4.69, 9.17) is 8.84 Å². The van der Waals surface area contributed by atoms with Crippen molar-refractivity contribution in [3.63, 3.8) is 0 Å². The molecule has 0 radical (unpaired) electrons. The van der Waals surface area contributed by atoms with Crippen LogP contribution in [0.5, 0.6) is 0 Å². The van der Waals surface area contributed by atoms with Gasteiger partial charge < -0.3 is 8.84 Å². The Labute approximate surface area is 117 Å². The first-order valence-electron chi connectivity index (χ1n) is 7.02. The molecule has 0 saturated carbocycles. The lowest BCUT2D eigenvalue weighted by molar-refractivity contribution is 0.109. The second-order valence-corrected chi connectivity index (χ2v) is 11.5. The van der Waals surface area contributed by atoms with Gasteiger partial charge in [0.2, 0.25) is 8.32 Å². The molecule has 0 fully saturated rings. The Kier molecular flexibility index (Phi) is 5.56. The van der Waals surface area contributed by atoms with Gasteiger partial charge in [-0.3, -0.25) is 4.79 Å². The Morgan fingerprint density at radius 1 is 1.11 bits per heavy atom. The van der Waals surface area contributed by atoms with Crippen molar-refractivity contribution < 1.29 is 13.6 Å². The molecule has 0 amide bonds. The summed E-state index contributed by atoms with van der Waals surface area (Å²) in [5.74, 6) is 1.10. The molecule has 0 N–H and O–H groups in total. The maximum absolute atomic E-state index is 10.6. The second kappa shape index (κ2) is 6.53. The van der Waals surface area contributed by atoms with Gasteiger partial charge in [0.05, 0.1) is 6.61 Å². The zero-order chi connectivity index (χ0) is 14.6. The minimum Gasteiger partial charge on any atom is -0.456 e. The second-order valence-electron chi connectivity index (χ2n) is 6.03. The Morgan fingerprint density at radius 2 is 1.63 bits per heavy atom. The number of aldehydes is 1. The van der Waals surface area contributed by atoms with Gasteiger partial charge in [0.15, 0.2) is 12.0 Å². The number of carbonyl (C=O) groups excluding carboxylic acids is 1. The Balaban J connectivity index is 2.86. The lowest BCUT2D eigenvalue weighted by atomic mass is 10.4. The van der Waals surface area contributed by atoms with E-state index >= 15 is 0 Å². The van der Waals surface area contributed by atoms with Gasteiger partial charge in [0.1, 0.15) is 5.76 Å².